The number of hydrogen-bond acceptors (Lipinski definition) is 2. The number of carbonyl (C=O) groups is 1. The van der Waals surface area contributed by atoms with Gasteiger partial charge in [0.05, 0.1) is 0 Å². The van der Waals surface area contributed by atoms with Crippen LogP contribution in [0.5, 0.6) is 0 Å². The van der Waals surface area contributed by atoms with E-state index in [2.05, 4.69) is 17.5 Å². The first-order chi connectivity index (χ1) is 9.84. The largest absolute Gasteiger partial charge is 0.445 e. The average molecular weight is 269 g/mol. The van der Waals surface area contributed by atoms with Crippen molar-refractivity contribution in [3.63, 3.8) is 0 Å². The Morgan fingerprint density at radius 2 is 2.00 bits per heavy atom. The van der Waals surface area contributed by atoms with Gasteiger partial charge in [-0.25, -0.2) is 4.79 Å². The molecule has 0 unspecified atom stereocenters. The fourth-order valence-corrected chi connectivity index (χ4v) is 1.91. The van der Waals surface area contributed by atoms with Gasteiger partial charge in [0.1, 0.15) is 6.61 Å². The van der Waals surface area contributed by atoms with Crippen LogP contribution in [0.25, 0.3) is 0 Å². The van der Waals surface area contributed by atoms with Crippen LogP contribution < -0.4 is 5.32 Å². The maximum atomic E-state index is 11.5. The van der Waals surface area contributed by atoms with Crippen molar-refractivity contribution in [3.8, 4) is 0 Å². The Morgan fingerprint density at radius 1 is 1.15 bits per heavy atom. The van der Waals surface area contributed by atoms with Gasteiger partial charge in [-0.05, 0) is 18.4 Å². The van der Waals surface area contributed by atoms with Crippen LogP contribution in [0.15, 0.2) is 66.3 Å². The first-order valence-electron chi connectivity index (χ1n) is 6.80. The molecule has 1 aliphatic carbocycles. The Bertz CT molecular complexity index is 515. The molecule has 1 aliphatic rings. The lowest BCUT2D eigenvalue weighted by atomic mass is 10.1. The Labute approximate surface area is 119 Å². The van der Waals surface area contributed by atoms with E-state index in [0.29, 0.717) is 13.2 Å². The summed E-state index contributed by atoms with van der Waals surface area (Å²) < 4.78 is 5.14. The smallest absolute Gasteiger partial charge is 0.407 e. The van der Waals surface area contributed by atoms with Crippen molar-refractivity contribution < 1.29 is 9.53 Å². The molecule has 0 fully saturated rings. The first kappa shape index (κ1) is 14.1. The van der Waals surface area contributed by atoms with E-state index < -0.39 is 0 Å². The SMILES string of the molecule is O=C(NCCC1=CC=CC=CC1)OCc1ccccc1. The predicted molar refractivity (Wildman–Crippen MR) is 80.2 cm³/mol. The van der Waals surface area contributed by atoms with Gasteiger partial charge in [0.25, 0.3) is 0 Å². The minimum atomic E-state index is -0.367. The summed E-state index contributed by atoms with van der Waals surface area (Å²) in [7, 11) is 0. The minimum absolute atomic E-state index is 0.306. The summed E-state index contributed by atoms with van der Waals surface area (Å²) in [6.07, 6.45) is 11.7. The monoisotopic (exact) mass is 269 g/mol. The number of ether oxygens (including phenoxy) is 1. The number of allylic oxidation sites excluding steroid dienone is 5. The quantitative estimate of drug-likeness (QED) is 0.884. The zero-order chi connectivity index (χ0) is 14.0. The van der Waals surface area contributed by atoms with Crippen LogP contribution in [0, 0.1) is 0 Å². The van der Waals surface area contributed by atoms with Crippen molar-refractivity contribution in [1.29, 1.82) is 0 Å². The van der Waals surface area contributed by atoms with Crippen molar-refractivity contribution in [1.82, 2.24) is 5.32 Å². The van der Waals surface area contributed by atoms with Gasteiger partial charge in [-0.1, -0.05) is 66.3 Å². The lowest BCUT2D eigenvalue weighted by Crippen LogP contribution is -2.25. The lowest BCUT2D eigenvalue weighted by Gasteiger charge is -2.08. The van der Waals surface area contributed by atoms with E-state index in [-0.39, 0.29) is 6.09 Å². The number of hydrogen-bond donors (Lipinski definition) is 1. The normalized spacial score (nSPS) is 13.5. The van der Waals surface area contributed by atoms with Crippen molar-refractivity contribution >= 4 is 6.09 Å². The lowest BCUT2D eigenvalue weighted by molar-refractivity contribution is 0.140. The van der Waals surface area contributed by atoms with Crippen LogP contribution in [0.4, 0.5) is 4.79 Å². The number of benzene rings is 1. The van der Waals surface area contributed by atoms with E-state index in [4.69, 9.17) is 4.74 Å². The van der Waals surface area contributed by atoms with E-state index in [0.717, 1.165) is 18.4 Å². The third-order valence-electron chi connectivity index (χ3n) is 3.00. The molecule has 2 rings (SSSR count). The van der Waals surface area contributed by atoms with Crippen LogP contribution >= 0.6 is 0 Å². The summed E-state index contributed by atoms with van der Waals surface area (Å²) in [4.78, 5) is 11.5. The molecular weight excluding hydrogens is 250 g/mol. The summed E-state index contributed by atoms with van der Waals surface area (Å²) in [5.74, 6) is 0. The highest BCUT2D eigenvalue weighted by Gasteiger charge is 2.03. The van der Waals surface area contributed by atoms with E-state index in [1.165, 1.54) is 5.57 Å². The van der Waals surface area contributed by atoms with Crippen LogP contribution in [0.3, 0.4) is 0 Å². The Balaban J connectivity index is 1.64. The fraction of sp³-hybridized carbons (Fsp3) is 0.235. The van der Waals surface area contributed by atoms with Gasteiger partial charge in [0, 0.05) is 6.54 Å². The van der Waals surface area contributed by atoms with Gasteiger partial charge in [0.15, 0.2) is 0 Å². The summed E-state index contributed by atoms with van der Waals surface area (Å²) in [6.45, 7) is 0.905. The van der Waals surface area contributed by atoms with Gasteiger partial charge >= 0.3 is 6.09 Å². The number of alkyl carbamates (subject to hydrolysis) is 1. The van der Waals surface area contributed by atoms with Gasteiger partial charge < -0.3 is 10.1 Å². The zero-order valence-corrected chi connectivity index (χ0v) is 11.4. The molecule has 20 heavy (non-hydrogen) atoms. The van der Waals surface area contributed by atoms with Gasteiger partial charge in [-0.3, -0.25) is 0 Å². The maximum Gasteiger partial charge on any atom is 0.407 e. The molecule has 3 nitrogen and oxygen atoms in total. The molecule has 0 saturated heterocycles. The first-order valence-corrected chi connectivity index (χ1v) is 6.80. The molecule has 0 bridgehead atoms. The standard InChI is InChI=1S/C17H19NO2/c19-17(20-14-16-10-6-3-7-11-16)18-13-12-15-8-4-1-2-5-9-15/h1-8,10-11H,9,12-14H2,(H,18,19). The van der Waals surface area contributed by atoms with E-state index in [1.54, 1.807) is 0 Å². The summed E-state index contributed by atoms with van der Waals surface area (Å²) in [5, 5.41) is 2.77. The van der Waals surface area contributed by atoms with E-state index in [1.807, 2.05) is 48.6 Å². The average Bonchev–Trinajstić information content (AvgIpc) is 2.75. The molecule has 0 heterocycles. The minimum Gasteiger partial charge on any atom is -0.445 e. The third kappa shape index (κ3) is 5.14. The molecule has 0 aromatic heterocycles. The molecular formula is C17H19NO2. The van der Waals surface area contributed by atoms with Crippen LogP contribution in [0.2, 0.25) is 0 Å². The van der Waals surface area contributed by atoms with Gasteiger partial charge in [-0.15, -0.1) is 0 Å². The Morgan fingerprint density at radius 3 is 2.85 bits per heavy atom. The second-order valence-corrected chi connectivity index (χ2v) is 4.58. The zero-order valence-electron chi connectivity index (χ0n) is 11.4. The van der Waals surface area contributed by atoms with E-state index in [9.17, 15) is 4.79 Å². The molecule has 0 aliphatic heterocycles. The predicted octanol–water partition coefficient (Wildman–Crippen LogP) is 3.75. The molecule has 104 valence electrons. The van der Waals surface area contributed by atoms with Crippen LogP contribution in [0.1, 0.15) is 18.4 Å². The van der Waals surface area contributed by atoms with Crippen molar-refractivity contribution in [3.05, 3.63) is 71.8 Å². The molecule has 0 saturated carbocycles. The molecule has 1 aromatic carbocycles. The number of rotatable bonds is 5. The number of nitrogens with one attached hydrogen (secondary N) is 1. The highest BCUT2D eigenvalue weighted by atomic mass is 16.5. The molecule has 1 amide bonds. The molecule has 1 aromatic rings. The molecule has 1 N–H and O–H groups in total. The van der Waals surface area contributed by atoms with Crippen molar-refractivity contribution in [2.75, 3.05) is 6.54 Å². The highest BCUT2D eigenvalue weighted by molar-refractivity contribution is 5.67. The molecule has 0 atom stereocenters. The molecule has 0 radical (unpaired) electrons. The van der Waals surface area contributed by atoms with Crippen molar-refractivity contribution in [2.45, 2.75) is 19.4 Å². The maximum absolute atomic E-state index is 11.5. The van der Waals surface area contributed by atoms with Gasteiger partial charge in [0.2, 0.25) is 0 Å². The second-order valence-electron chi connectivity index (χ2n) is 4.58. The van der Waals surface area contributed by atoms with Crippen molar-refractivity contribution in [2.24, 2.45) is 0 Å². The topological polar surface area (TPSA) is 38.3 Å². The van der Waals surface area contributed by atoms with E-state index >= 15 is 0 Å². The van der Waals surface area contributed by atoms with Crippen LogP contribution in [-0.4, -0.2) is 12.6 Å². The third-order valence-corrected chi connectivity index (χ3v) is 3.00. The number of carbonyl (C=O) groups excluding carboxylic acids is 1. The highest BCUT2D eigenvalue weighted by Crippen LogP contribution is 2.10. The molecule has 3 heteroatoms. The van der Waals surface area contributed by atoms with Crippen LogP contribution in [-0.2, 0) is 11.3 Å². The number of amides is 1. The Hall–Kier alpha value is -2.29. The van der Waals surface area contributed by atoms with Gasteiger partial charge in [-0.2, -0.15) is 0 Å². The summed E-state index contributed by atoms with van der Waals surface area (Å²) >= 11 is 0. The second kappa shape index (κ2) is 8.00. The Kier molecular flexibility index (Phi) is 5.65. The summed E-state index contributed by atoms with van der Waals surface area (Å²) in [6, 6.07) is 9.66. The molecule has 0 spiro atoms. The fourth-order valence-electron chi connectivity index (χ4n) is 1.91. The summed E-state index contributed by atoms with van der Waals surface area (Å²) in [5.41, 5.74) is 2.29.